The van der Waals surface area contributed by atoms with Crippen molar-refractivity contribution in [2.24, 2.45) is 0 Å². The number of carbonyl (C=O) groups is 1. The summed E-state index contributed by atoms with van der Waals surface area (Å²) in [5, 5.41) is 16.0. The summed E-state index contributed by atoms with van der Waals surface area (Å²) in [5.41, 5.74) is 0.463. The van der Waals surface area contributed by atoms with E-state index in [4.69, 9.17) is 0 Å². The predicted octanol–water partition coefficient (Wildman–Crippen LogP) is 3.08. The largest absolute Gasteiger partial charge is 0.324 e. The maximum atomic E-state index is 12.9. The maximum absolute atomic E-state index is 12.9. The fraction of sp³-hybridized carbons (Fsp3) is 0.261. The Morgan fingerprint density at radius 2 is 1.67 bits per heavy atom. The van der Waals surface area contributed by atoms with E-state index in [9.17, 15) is 23.3 Å². The summed E-state index contributed by atoms with van der Waals surface area (Å²) in [6.07, 6.45) is 0. The molecule has 0 saturated carbocycles. The minimum atomic E-state index is -3.86. The van der Waals surface area contributed by atoms with Crippen LogP contribution in [0.1, 0.15) is 6.92 Å². The topological polar surface area (TPSA) is 113 Å². The van der Waals surface area contributed by atoms with Crippen LogP contribution in [0, 0.1) is 10.1 Å². The van der Waals surface area contributed by atoms with Gasteiger partial charge in [0.2, 0.25) is 15.9 Å². The highest BCUT2D eigenvalue weighted by molar-refractivity contribution is 7.89. The van der Waals surface area contributed by atoms with Gasteiger partial charge in [-0.15, -0.1) is 0 Å². The monoisotopic (exact) mass is 468 g/mol. The molecule has 10 heteroatoms. The van der Waals surface area contributed by atoms with E-state index in [1.807, 2.05) is 47.4 Å². The number of carbonyl (C=O) groups excluding carboxylic acids is 1. The van der Waals surface area contributed by atoms with Gasteiger partial charge in [-0.2, -0.15) is 4.31 Å². The Labute approximate surface area is 191 Å². The standard InChI is InChI=1S/C23H24N4O5S/c1-17(23(28)24-22-11-4-7-18-6-2-3-10-21(18)22)25-12-14-26(15-13-25)33(31,32)20-9-5-8-19(16-20)27(29)30/h2-11,16-17H,12-15H2,1H3,(H,24,28). The molecule has 0 radical (unpaired) electrons. The Kier molecular flexibility index (Phi) is 6.41. The molecule has 0 aliphatic carbocycles. The fourth-order valence-electron chi connectivity index (χ4n) is 3.98. The van der Waals surface area contributed by atoms with Gasteiger partial charge in [0.1, 0.15) is 0 Å². The van der Waals surface area contributed by atoms with Crippen molar-refractivity contribution < 1.29 is 18.1 Å². The quantitative estimate of drug-likeness (QED) is 0.439. The summed E-state index contributed by atoms with van der Waals surface area (Å²) in [5.74, 6) is -0.165. The zero-order valence-electron chi connectivity index (χ0n) is 18.0. The van der Waals surface area contributed by atoms with Gasteiger partial charge in [0.25, 0.3) is 5.69 Å². The van der Waals surface area contributed by atoms with Crippen molar-refractivity contribution in [3.8, 4) is 0 Å². The van der Waals surface area contributed by atoms with Crippen LogP contribution in [0.2, 0.25) is 0 Å². The van der Waals surface area contributed by atoms with Crippen LogP contribution in [0.4, 0.5) is 11.4 Å². The first kappa shape index (κ1) is 22.8. The number of nitro groups is 1. The highest BCUT2D eigenvalue weighted by Gasteiger charge is 2.32. The van der Waals surface area contributed by atoms with Gasteiger partial charge in [-0.3, -0.25) is 19.8 Å². The van der Waals surface area contributed by atoms with Gasteiger partial charge in [0, 0.05) is 49.4 Å². The minimum absolute atomic E-state index is 0.105. The predicted molar refractivity (Wildman–Crippen MR) is 125 cm³/mol. The number of benzene rings is 3. The first-order valence-corrected chi connectivity index (χ1v) is 12.0. The molecule has 1 fully saturated rings. The zero-order valence-corrected chi connectivity index (χ0v) is 18.9. The molecule has 1 heterocycles. The first-order valence-electron chi connectivity index (χ1n) is 10.5. The third-order valence-electron chi connectivity index (χ3n) is 5.91. The van der Waals surface area contributed by atoms with Crippen molar-refractivity contribution in [1.82, 2.24) is 9.21 Å². The number of rotatable bonds is 6. The molecule has 0 aromatic heterocycles. The van der Waals surface area contributed by atoms with Crippen molar-refractivity contribution in [3.63, 3.8) is 0 Å². The molecule has 1 atom stereocenters. The molecule has 1 saturated heterocycles. The lowest BCUT2D eigenvalue weighted by atomic mass is 10.1. The Hall–Kier alpha value is -3.34. The smallest absolute Gasteiger partial charge is 0.270 e. The number of hydrogen-bond acceptors (Lipinski definition) is 6. The number of piperazine rings is 1. The third-order valence-corrected chi connectivity index (χ3v) is 7.81. The van der Waals surface area contributed by atoms with Crippen LogP contribution in [-0.2, 0) is 14.8 Å². The number of nitro benzene ring substituents is 1. The van der Waals surface area contributed by atoms with E-state index < -0.39 is 21.0 Å². The highest BCUT2D eigenvalue weighted by atomic mass is 32.2. The fourth-order valence-corrected chi connectivity index (χ4v) is 5.44. The van der Waals surface area contributed by atoms with Crippen LogP contribution in [-0.4, -0.2) is 60.7 Å². The average molecular weight is 469 g/mol. The van der Waals surface area contributed by atoms with Gasteiger partial charge in [-0.25, -0.2) is 8.42 Å². The second-order valence-electron chi connectivity index (χ2n) is 7.89. The number of amides is 1. The molecule has 9 nitrogen and oxygen atoms in total. The van der Waals surface area contributed by atoms with Gasteiger partial charge in [-0.1, -0.05) is 42.5 Å². The van der Waals surface area contributed by atoms with Gasteiger partial charge in [0.15, 0.2) is 0 Å². The molecule has 1 N–H and O–H groups in total. The van der Waals surface area contributed by atoms with Crippen LogP contribution in [0.3, 0.4) is 0 Å². The van der Waals surface area contributed by atoms with E-state index in [1.165, 1.54) is 22.5 Å². The van der Waals surface area contributed by atoms with Crippen LogP contribution in [0.5, 0.6) is 0 Å². The van der Waals surface area contributed by atoms with Gasteiger partial charge >= 0.3 is 0 Å². The van der Waals surface area contributed by atoms with E-state index in [0.29, 0.717) is 13.1 Å². The van der Waals surface area contributed by atoms with Crippen LogP contribution in [0.15, 0.2) is 71.6 Å². The Morgan fingerprint density at radius 3 is 2.39 bits per heavy atom. The van der Waals surface area contributed by atoms with Crippen molar-refractivity contribution in [2.75, 3.05) is 31.5 Å². The normalized spacial score (nSPS) is 16.4. The molecule has 1 aliphatic rings. The Morgan fingerprint density at radius 1 is 1.00 bits per heavy atom. The number of fused-ring (bicyclic) bond motifs is 1. The van der Waals surface area contributed by atoms with Crippen LogP contribution < -0.4 is 5.32 Å². The zero-order chi connectivity index (χ0) is 23.6. The Balaban J connectivity index is 1.41. The van der Waals surface area contributed by atoms with Crippen LogP contribution in [0.25, 0.3) is 10.8 Å². The second-order valence-corrected chi connectivity index (χ2v) is 9.82. The molecule has 3 aromatic carbocycles. The molecule has 33 heavy (non-hydrogen) atoms. The summed E-state index contributed by atoms with van der Waals surface area (Å²) >= 11 is 0. The van der Waals surface area contributed by atoms with Gasteiger partial charge < -0.3 is 5.32 Å². The molecule has 1 aliphatic heterocycles. The second kappa shape index (κ2) is 9.26. The van der Waals surface area contributed by atoms with Crippen molar-refractivity contribution in [1.29, 1.82) is 0 Å². The molecule has 3 aromatic rings. The number of hydrogen-bond donors (Lipinski definition) is 1. The molecule has 1 unspecified atom stereocenters. The number of non-ortho nitro benzene ring substituents is 1. The molecule has 172 valence electrons. The minimum Gasteiger partial charge on any atom is -0.324 e. The lowest BCUT2D eigenvalue weighted by molar-refractivity contribution is -0.385. The van der Waals surface area contributed by atoms with Crippen molar-refractivity contribution in [3.05, 3.63) is 76.8 Å². The van der Waals surface area contributed by atoms with E-state index in [2.05, 4.69) is 5.32 Å². The summed E-state index contributed by atoms with van der Waals surface area (Å²) in [6.45, 7) is 2.93. The summed E-state index contributed by atoms with van der Waals surface area (Å²) in [7, 11) is -3.86. The molecule has 0 spiro atoms. The van der Waals surface area contributed by atoms with Gasteiger partial charge in [0.05, 0.1) is 15.9 Å². The van der Waals surface area contributed by atoms with Crippen LogP contribution >= 0.6 is 0 Å². The number of sulfonamides is 1. The van der Waals surface area contributed by atoms with Crippen molar-refractivity contribution >= 4 is 38.1 Å². The summed E-state index contributed by atoms with van der Waals surface area (Å²) in [4.78, 5) is 25.1. The van der Waals surface area contributed by atoms with Gasteiger partial charge in [-0.05, 0) is 24.4 Å². The summed E-state index contributed by atoms with van der Waals surface area (Å²) in [6, 6.07) is 18.1. The first-order chi connectivity index (χ1) is 15.8. The van der Waals surface area contributed by atoms with E-state index in [0.717, 1.165) is 22.5 Å². The van der Waals surface area contributed by atoms with Crippen molar-refractivity contribution in [2.45, 2.75) is 17.9 Å². The van der Waals surface area contributed by atoms with E-state index in [1.54, 1.807) is 6.92 Å². The Bertz CT molecular complexity index is 1300. The maximum Gasteiger partial charge on any atom is 0.270 e. The molecule has 4 rings (SSSR count). The average Bonchev–Trinajstić information content (AvgIpc) is 2.84. The van der Waals surface area contributed by atoms with E-state index >= 15 is 0 Å². The number of nitrogens with one attached hydrogen (secondary N) is 1. The lowest BCUT2D eigenvalue weighted by Gasteiger charge is -2.36. The number of anilines is 1. The lowest BCUT2D eigenvalue weighted by Crippen LogP contribution is -2.53. The summed E-state index contributed by atoms with van der Waals surface area (Å²) < 4.78 is 27.2. The molecule has 0 bridgehead atoms. The molecular formula is C23H24N4O5S. The highest BCUT2D eigenvalue weighted by Crippen LogP contribution is 2.25. The van der Waals surface area contributed by atoms with E-state index in [-0.39, 0.29) is 29.6 Å². The number of nitrogens with zero attached hydrogens (tertiary/aromatic N) is 3. The molecule has 1 amide bonds. The third kappa shape index (κ3) is 4.72. The molecular weight excluding hydrogens is 444 g/mol. The SMILES string of the molecule is CC(C(=O)Nc1cccc2ccccc12)N1CCN(S(=O)(=O)c2cccc([N+](=O)[O-])c2)CC1.